The first-order valence-corrected chi connectivity index (χ1v) is 10.3. The summed E-state index contributed by atoms with van der Waals surface area (Å²) in [5.41, 5.74) is 0.545. The van der Waals surface area contributed by atoms with Crippen LogP contribution in [0.5, 0.6) is 0 Å². The van der Waals surface area contributed by atoms with Crippen LogP contribution >= 0.6 is 15.9 Å². The summed E-state index contributed by atoms with van der Waals surface area (Å²) >= 11 is 3.41. The van der Waals surface area contributed by atoms with E-state index in [0.29, 0.717) is 23.5 Å². The van der Waals surface area contributed by atoms with Crippen molar-refractivity contribution in [2.75, 3.05) is 26.2 Å². The van der Waals surface area contributed by atoms with Gasteiger partial charge in [-0.25, -0.2) is 9.97 Å². The summed E-state index contributed by atoms with van der Waals surface area (Å²) in [5.74, 6) is 1.43. The maximum Gasteiger partial charge on any atom is 0.263 e. The number of nitrogens with one attached hydrogen (secondary N) is 1. The quantitative estimate of drug-likeness (QED) is 0.803. The van der Waals surface area contributed by atoms with Crippen molar-refractivity contribution >= 4 is 27.0 Å². The lowest BCUT2D eigenvalue weighted by Crippen LogP contribution is -2.38. The highest BCUT2D eigenvalue weighted by Crippen LogP contribution is 2.26. The molecule has 3 heterocycles. The molecule has 1 aliphatic heterocycles. The Hall–Kier alpha value is -1.31. The number of nitrogens with zero attached hydrogens (tertiary/aromatic N) is 4. The number of hydrogen-bond donors (Lipinski definition) is 1. The van der Waals surface area contributed by atoms with E-state index >= 15 is 0 Å². The molecule has 0 unspecified atom stereocenters. The van der Waals surface area contributed by atoms with Crippen LogP contribution in [0.3, 0.4) is 0 Å². The minimum absolute atomic E-state index is 0.00315. The molecule has 142 valence electrons. The van der Waals surface area contributed by atoms with Crippen LogP contribution in [-0.2, 0) is 6.54 Å². The second-order valence-electron chi connectivity index (χ2n) is 7.15. The van der Waals surface area contributed by atoms with Crippen LogP contribution in [0.15, 0.2) is 21.5 Å². The molecule has 2 aromatic heterocycles. The first-order valence-electron chi connectivity index (χ1n) is 9.55. The lowest BCUT2D eigenvalue weighted by Gasteiger charge is -2.32. The Morgan fingerprint density at radius 2 is 2.23 bits per heavy atom. The molecule has 0 aliphatic carbocycles. The predicted molar refractivity (Wildman–Crippen MR) is 108 cm³/mol. The van der Waals surface area contributed by atoms with Gasteiger partial charge in [0.25, 0.3) is 5.56 Å². The topological polar surface area (TPSA) is 63.1 Å². The van der Waals surface area contributed by atoms with Crippen molar-refractivity contribution < 1.29 is 0 Å². The first kappa shape index (κ1) is 19.5. The van der Waals surface area contributed by atoms with E-state index in [9.17, 15) is 4.79 Å². The highest BCUT2D eigenvalue weighted by atomic mass is 79.9. The van der Waals surface area contributed by atoms with Gasteiger partial charge in [0.2, 0.25) is 0 Å². The van der Waals surface area contributed by atoms with Crippen LogP contribution < -0.4 is 10.9 Å². The Bertz CT molecular complexity index is 821. The molecule has 0 bridgehead atoms. The molecular weight excluding hydrogens is 394 g/mol. The van der Waals surface area contributed by atoms with Gasteiger partial charge in [0, 0.05) is 36.8 Å². The number of aromatic nitrogens is 3. The number of rotatable bonds is 5. The number of hydrogen-bond acceptors (Lipinski definition) is 5. The first-order chi connectivity index (χ1) is 12.5. The van der Waals surface area contributed by atoms with Gasteiger partial charge in [0.1, 0.15) is 5.82 Å². The molecule has 2 atom stereocenters. The molecule has 3 rings (SSSR count). The van der Waals surface area contributed by atoms with Crippen molar-refractivity contribution in [3.63, 3.8) is 0 Å². The van der Waals surface area contributed by atoms with Gasteiger partial charge in [0.15, 0.2) is 5.65 Å². The summed E-state index contributed by atoms with van der Waals surface area (Å²) in [6.45, 7) is 11.1. The van der Waals surface area contributed by atoms with Crippen LogP contribution in [-0.4, -0.2) is 45.6 Å². The molecule has 0 saturated carbocycles. The molecule has 7 heteroatoms. The van der Waals surface area contributed by atoms with Gasteiger partial charge in [-0.1, -0.05) is 20.3 Å². The predicted octanol–water partition coefficient (Wildman–Crippen LogP) is 2.96. The molecule has 26 heavy (non-hydrogen) atoms. The molecule has 1 N–H and O–H groups in total. The number of halogens is 1. The van der Waals surface area contributed by atoms with Crippen molar-refractivity contribution in [1.82, 2.24) is 24.8 Å². The van der Waals surface area contributed by atoms with E-state index in [1.807, 2.05) is 17.6 Å². The van der Waals surface area contributed by atoms with E-state index in [2.05, 4.69) is 45.0 Å². The van der Waals surface area contributed by atoms with Gasteiger partial charge in [-0.05, 0) is 47.8 Å². The average Bonchev–Trinajstić information content (AvgIpc) is 2.84. The van der Waals surface area contributed by atoms with Crippen LogP contribution in [0.2, 0.25) is 0 Å². The van der Waals surface area contributed by atoms with Crippen LogP contribution in [0.4, 0.5) is 0 Å². The third-order valence-electron chi connectivity index (χ3n) is 5.04. The fraction of sp³-hybridized carbons (Fsp3) is 0.632. The van der Waals surface area contributed by atoms with Crippen LogP contribution in [0.25, 0.3) is 11.0 Å². The van der Waals surface area contributed by atoms with Crippen molar-refractivity contribution in [2.24, 2.45) is 5.92 Å². The molecule has 0 aromatic carbocycles. The third-order valence-corrected chi connectivity index (χ3v) is 5.47. The van der Waals surface area contributed by atoms with Crippen LogP contribution in [0, 0.1) is 5.92 Å². The summed E-state index contributed by atoms with van der Waals surface area (Å²) in [6.07, 6.45) is 3.75. The van der Waals surface area contributed by atoms with E-state index in [4.69, 9.17) is 4.98 Å². The molecule has 6 nitrogen and oxygen atoms in total. The normalized spacial score (nSPS) is 20.2. The Balaban J connectivity index is 2.12. The van der Waals surface area contributed by atoms with Crippen molar-refractivity contribution in [3.8, 4) is 0 Å². The van der Waals surface area contributed by atoms with Gasteiger partial charge < -0.3 is 5.32 Å². The summed E-state index contributed by atoms with van der Waals surface area (Å²) in [7, 11) is 0. The highest BCUT2D eigenvalue weighted by molar-refractivity contribution is 9.10. The summed E-state index contributed by atoms with van der Waals surface area (Å²) in [4.78, 5) is 24.8. The number of fused-ring (bicyclic) bond motifs is 1. The lowest BCUT2D eigenvalue weighted by molar-refractivity contribution is 0.169. The maximum absolute atomic E-state index is 13.1. The zero-order valence-electron chi connectivity index (χ0n) is 15.8. The molecule has 0 amide bonds. The Labute approximate surface area is 163 Å². The Morgan fingerprint density at radius 1 is 1.42 bits per heavy atom. The molecule has 2 aromatic rings. The lowest BCUT2D eigenvalue weighted by atomic mass is 10.1. The smallest absolute Gasteiger partial charge is 0.263 e. The van der Waals surface area contributed by atoms with E-state index in [0.717, 1.165) is 49.3 Å². The zero-order chi connectivity index (χ0) is 18.7. The Kier molecular flexibility index (Phi) is 6.42. The molecule has 1 aliphatic rings. The second-order valence-corrected chi connectivity index (χ2v) is 8.07. The minimum Gasteiger partial charge on any atom is -0.315 e. The van der Waals surface area contributed by atoms with Gasteiger partial charge >= 0.3 is 0 Å². The van der Waals surface area contributed by atoms with E-state index < -0.39 is 0 Å². The monoisotopic (exact) mass is 421 g/mol. The van der Waals surface area contributed by atoms with Gasteiger partial charge in [0.05, 0.1) is 11.4 Å². The summed E-state index contributed by atoms with van der Waals surface area (Å²) in [6, 6.07) is 1.96. The van der Waals surface area contributed by atoms with E-state index in [1.54, 1.807) is 6.20 Å². The van der Waals surface area contributed by atoms with Gasteiger partial charge in [-0.15, -0.1) is 0 Å². The van der Waals surface area contributed by atoms with Crippen LogP contribution in [0.1, 0.15) is 45.5 Å². The molecule has 1 saturated heterocycles. The van der Waals surface area contributed by atoms with Crippen molar-refractivity contribution in [1.29, 1.82) is 0 Å². The van der Waals surface area contributed by atoms with Gasteiger partial charge in [-0.3, -0.25) is 14.3 Å². The van der Waals surface area contributed by atoms with Gasteiger partial charge in [-0.2, -0.15) is 0 Å². The summed E-state index contributed by atoms with van der Waals surface area (Å²) < 4.78 is 2.64. The highest BCUT2D eigenvalue weighted by Gasteiger charge is 2.27. The largest absolute Gasteiger partial charge is 0.315 e. The second kappa shape index (κ2) is 8.59. The standard InChI is InChI=1S/C19H28BrN5O/c1-4-6-16(24-8-7-21-10-13(3)12-24)18-23-17-15(9-14(20)11-22-17)19(26)25(18)5-2/h9,11,13,16,21H,4-8,10,12H2,1-3H3/t13-,16+/m0/s1. The molecule has 0 radical (unpaired) electrons. The third kappa shape index (κ3) is 4.00. The fourth-order valence-electron chi connectivity index (χ4n) is 3.82. The van der Waals surface area contributed by atoms with E-state index in [-0.39, 0.29) is 11.6 Å². The minimum atomic E-state index is 0.00315. The molecule has 1 fully saturated rings. The van der Waals surface area contributed by atoms with Crippen molar-refractivity contribution in [3.05, 3.63) is 32.9 Å². The SMILES string of the molecule is CCC[C@H](c1nc2ncc(Br)cc2c(=O)n1CC)N1CCNC[C@H](C)C1. The number of pyridine rings is 1. The zero-order valence-corrected chi connectivity index (χ0v) is 17.4. The molecule has 0 spiro atoms. The maximum atomic E-state index is 13.1. The fourth-order valence-corrected chi connectivity index (χ4v) is 4.15. The summed E-state index contributed by atoms with van der Waals surface area (Å²) in [5, 5.41) is 4.08. The Morgan fingerprint density at radius 3 is 2.96 bits per heavy atom. The van der Waals surface area contributed by atoms with Crippen molar-refractivity contribution in [2.45, 2.75) is 46.2 Å². The molecular formula is C19H28BrN5O. The van der Waals surface area contributed by atoms with E-state index in [1.165, 1.54) is 0 Å². The average molecular weight is 422 g/mol.